The summed E-state index contributed by atoms with van der Waals surface area (Å²) in [5.41, 5.74) is 1.20. The van der Waals surface area contributed by atoms with Gasteiger partial charge in [-0.3, -0.25) is 4.79 Å². The van der Waals surface area contributed by atoms with Gasteiger partial charge in [0.25, 0.3) is 5.91 Å². The number of carbonyl (C=O) groups excluding carboxylic acids is 2. The Labute approximate surface area is 130 Å². The van der Waals surface area contributed by atoms with Crippen LogP contribution in [0.4, 0.5) is 10.5 Å². The molecule has 1 aliphatic rings. The van der Waals surface area contributed by atoms with Crippen molar-refractivity contribution in [3.05, 3.63) is 29.8 Å². The van der Waals surface area contributed by atoms with Crippen LogP contribution in [0.25, 0.3) is 0 Å². The molecule has 0 saturated heterocycles. The van der Waals surface area contributed by atoms with E-state index in [-0.39, 0.29) is 24.1 Å². The molecule has 1 aliphatic carbocycles. The Balaban J connectivity index is 1.82. The molecule has 3 amide bonds. The lowest BCUT2D eigenvalue weighted by Gasteiger charge is -2.26. The van der Waals surface area contributed by atoms with Crippen LogP contribution in [0.3, 0.4) is 0 Å². The van der Waals surface area contributed by atoms with Gasteiger partial charge in [0.1, 0.15) is 0 Å². The van der Waals surface area contributed by atoms with Gasteiger partial charge in [-0.25, -0.2) is 4.79 Å². The highest BCUT2D eigenvalue weighted by atomic mass is 16.3. The molecule has 6 heteroatoms. The highest BCUT2D eigenvalue weighted by molar-refractivity contribution is 5.95. The number of anilines is 1. The zero-order chi connectivity index (χ0) is 15.9. The van der Waals surface area contributed by atoms with Crippen molar-refractivity contribution < 1.29 is 14.7 Å². The van der Waals surface area contributed by atoms with Crippen LogP contribution in [0.15, 0.2) is 24.3 Å². The number of aliphatic hydroxyl groups excluding tert-OH is 1. The summed E-state index contributed by atoms with van der Waals surface area (Å²) in [4.78, 5) is 23.6. The fourth-order valence-electron chi connectivity index (χ4n) is 2.54. The first kappa shape index (κ1) is 16.3. The number of benzene rings is 1. The maximum Gasteiger partial charge on any atom is 0.319 e. The number of nitrogens with one attached hydrogen (secondary N) is 3. The first-order valence-electron chi connectivity index (χ1n) is 7.72. The maximum absolute atomic E-state index is 11.9. The highest BCUT2D eigenvalue weighted by Gasteiger charge is 2.20. The van der Waals surface area contributed by atoms with Crippen molar-refractivity contribution in [3.8, 4) is 0 Å². The lowest BCUT2D eigenvalue weighted by molar-refractivity contribution is 0.0956. The second-order valence-corrected chi connectivity index (χ2v) is 5.54. The average molecular weight is 305 g/mol. The Morgan fingerprint density at radius 1 is 1.14 bits per heavy atom. The summed E-state index contributed by atoms with van der Waals surface area (Å²) in [6.45, 7) is 2.44. The summed E-state index contributed by atoms with van der Waals surface area (Å²) >= 11 is 0. The largest absolute Gasteiger partial charge is 0.393 e. The predicted octanol–water partition coefficient (Wildman–Crippen LogP) is 1.86. The first-order valence-corrected chi connectivity index (χ1v) is 7.72. The van der Waals surface area contributed by atoms with E-state index in [9.17, 15) is 14.7 Å². The van der Waals surface area contributed by atoms with E-state index in [1.807, 2.05) is 6.92 Å². The number of rotatable bonds is 4. The minimum absolute atomic E-state index is 0.109. The molecule has 0 spiro atoms. The van der Waals surface area contributed by atoms with E-state index in [4.69, 9.17) is 0 Å². The second-order valence-electron chi connectivity index (χ2n) is 5.54. The van der Waals surface area contributed by atoms with E-state index >= 15 is 0 Å². The lowest BCUT2D eigenvalue weighted by Crippen LogP contribution is -2.40. The van der Waals surface area contributed by atoms with Gasteiger partial charge in [-0.2, -0.15) is 0 Å². The molecule has 120 valence electrons. The molecule has 0 radical (unpaired) electrons. The molecular weight excluding hydrogens is 282 g/mol. The molecule has 0 aliphatic heterocycles. The van der Waals surface area contributed by atoms with Crippen LogP contribution in [0.2, 0.25) is 0 Å². The fraction of sp³-hybridized carbons (Fsp3) is 0.500. The SMILES string of the molecule is CCNC(=O)c1ccc(NC(=O)NC2CCC(O)CC2)cc1. The number of hydrogen-bond acceptors (Lipinski definition) is 3. The van der Waals surface area contributed by atoms with Gasteiger partial charge in [0.05, 0.1) is 6.10 Å². The van der Waals surface area contributed by atoms with Crippen molar-refractivity contribution in [2.45, 2.75) is 44.8 Å². The van der Waals surface area contributed by atoms with Gasteiger partial charge in [-0.05, 0) is 56.9 Å². The summed E-state index contributed by atoms with van der Waals surface area (Å²) in [6.07, 6.45) is 2.82. The van der Waals surface area contributed by atoms with Crippen LogP contribution in [-0.2, 0) is 0 Å². The Hall–Kier alpha value is -2.08. The third kappa shape index (κ3) is 4.73. The Bertz CT molecular complexity index is 508. The number of hydrogen-bond donors (Lipinski definition) is 4. The topological polar surface area (TPSA) is 90.5 Å². The minimum atomic E-state index is -0.257. The molecule has 1 saturated carbocycles. The van der Waals surface area contributed by atoms with Crippen molar-refractivity contribution in [2.75, 3.05) is 11.9 Å². The van der Waals surface area contributed by atoms with Crippen LogP contribution in [0.5, 0.6) is 0 Å². The number of aliphatic hydroxyl groups is 1. The fourth-order valence-corrected chi connectivity index (χ4v) is 2.54. The van der Waals surface area contributed by atoms with E-state index in [1.165, 1.54) is 0 Å². The van der Waals surface area contributed by atoms with Gasteiger partial charge in [0, 0.05) is 23.8 Å². The Morgan fingerprint density at radius 3 is 2.36 bits per heavy atom. The van der Waals surface area contributed by atoms with Crippen LogP contribution in [0.1, 0.15) is 43.0 Å². The Kier molecular flexibility index (Phi) is 5.77. The van der Waals surface area contributed by atoms with E-state index < -0.39 is 0 Å². The molecule has 1 aromatic rings. The van der Waals surface area contributed by atoms with E-state index in [2.05, 4.69) is 16.0 Å². The monoisotopic (exact) mass is 305 g/mol. The maximum atomic E-state index is 11.9. The molecule has 1 fully saturated rings. The molecular formula is C16H23N3O3. The van der Waals surface area contributed by atoms with Gasteiger partial charge < -0.3 is 21.1 Å². The first-order chi connectivity index (χ1) is 10.6. The normalized spacial score (nSPS) is 21.0. The second kappa shape index (κ2) is 7.79. The van der Waals surface area contributed by atoms with Crippen LogP contribution in [-0.4, -0.2) is 35.7 Å². The predicted molar refractivity (Wildman–Crippen MR) is 84.9 cm³/mol. The molecule has 6 nitrogen and oxygen atoms in total. The van der Waals surface area contributed by atoms with Gasteiger partial charge in [-0.1, -0.05) is 0 Å². The third-order valence-electron chi connectivity index (χ3n) is 3.77. The number of amides is 3. The van der Waals surface area contributed by atoms with Crippen molar-refractivity contribution in [1.29, 1.82) is 0 Å². The highest BCUT2D eigenvalue weighted by Crippen LogP contribution is 2.18. The molecule has 2 rings (SSSR count). The van der Waals surface area contributed by atoms with Gasteiger partial charge in [-0.15, -0.1) is 0 Å². The molecule has 0 heterocycles. The van der Waals surface area contributed by atoms with Crippen molar-refractivity contribution in [3.63, 3.8) is 0 Å². The summed E-state index contributed by atoms with van der Waals surface area (Å²) in [5, 5.41) is 17.8. The lowest BCUT2D eigenvalue weighted by atomic mass is 9.93. The number of carbonyl (C=O) groups is 2. The van der Waals surface area contributed by atoms with Crippen LogP contribution in [0, 0.1) is 0 Å². The zero-order valence-corrected chi connectivity index (χ0v) is 12.8. The van der Waals surface area contributed by atoms with Gasteiger partial charge in [0.2, 0.25) is 0 Å². The average Bonchev–Trinajstić information content (AvgIpc) is 2.50. The third-order valence-corrected chi connectivity index (χ3v) is 3.77. The van der Waals surface area contributed by atoms with E-state index in [0.717, 1.165) is 25.7 Å². The van der Waals surface area contributed by atoms with Crippen molar-refractivity contribution in [2.24, 2.45) is 0 Å². The summed E-state index contributed by atoms with van der Waals surface area (Å²) in [6, 6.07) is 6.61. The van der Waals surface area contributed by atoms with Crippen LogP contribution >= 0.6 is 0 Å². The molecule has 1 aromatic carbocycles. The smallest absolute Gasteiger partial charge is 0.319 e. The molecule has 0 bridgehead atoms. The summed E-state index contributed by atoms with van der Waals surface area (Å²) < 4.78 is 0. The number of urea groups is 1. The quantitative estimate of drug-likeness (QED) is 0.684. The standard InChI is InChI=1S/C16H23N3O3/c1-2-17-15(21)11-3-5-12(6-4-11)18-16(22)19-13-7-9-14(20)10-8-13/h3-6,13-14,20H,2,7-10H2,1H3,(H,17,21)(H2,18,19,22). The van der Waals surface area contributed by atoms with Gasteiger partial charge in [0.15, 0.2) is 0 Å². The summed E-state index contributed by atoms with van der Waals surface area (Å²) in [5.74, 6) is -0.126. The molecule has 0 atom stereocenters. The molecule has 22 heavy (non-hydrogen) atoms. The van der Waals surface area contributed by atoms with Gasteiger partial charge >= 0.3 is 6.03 Å². The summed E-state index contributed by atoms with van der Waals surface area (Å²) in [7, 11) is 0. The van der Waals surface area contributed by atoms with Crippen LogP contribution < -0.4 is 16.0 Å². The molecule has 0 unspecified atom stereocenters. The Morgan fingerprint density at radius 2 is 1.77 bits per heavy atom. The molecule has 0 aromatic heterocycles. The van der Waals surface area contributed by atoms with Crippen molar-refractivity contribution >= 4 is 17.6 Å². The zero-order valence-electron chi connectivity index (χ0n) is 12.8. The van der Waals surface area contributed by atoms with E-state index in [1.54, 1.807) is 24.3 Å². The van der Waals surface area contributed by atoms with Crippen molar-refractivity contribution in [1.82, 2.24) is 10.6 Å². The molecule has 4 N–H and O–H groups in total. The minimum Gasteiger partial charge on any atom is -0.393 e. The van der Waals surface area contributed by atoms with E-state index in [0.29, 0.717) is 17.8 Å².